The molecule has 1 saturated heterocycles. The summed E-state index contributed by atoms with van der Waals surface area (Å²) >= 11 is 0. The molecule has 7 nitrogen and oxygen atoms in total. The van der Waals surface area contributed by atoms with E-state index in [0.29, 0.717) is 5.75 Å². The summed E-state index contributed by atoms with van der Waals surface area (Å²) in [6, 6.07) is 7.62. The lowest BCUT2D eigenvalue weighted by atomic mass is 10.2. The maximum Gasteiger partial charge on any atom is 0.146 e. The van der Waals surface area contributed by atoms with Crippen molar-refractivity contribution in [2.45, 2.75) is 6.92 Å². The van der Waals surface area contributed by atoms with Gasteiger partial charge in [0.2, 0.25) is 0 Å². The maximum absolute atomic E-state index is 5.43. The fraction of sp³-hybridized carbons (Fsp3) is 0.444. The predicted octanol–water partition coefficient (Wildman–Crippen LogP) is 2.38. The van der Waals surface area contributed by atoms with E-state index < -0.39 is 0 Å². The van der Waals surface area contributed by atoms with Gasteiger partial charge in [0, 0.05) is 38.3 Å². The highest BCUT2D eigenvalue weighted by Crippen LogP contribution is 2.31. The number of hydrogen-bond acceptors (Lipinski definition) is 7. The van der Waals surface area contributed by atoms with Gasteiger partial charge in [-0.15, -0.1) is 0 Å². The Bertz CT molecular complexity index is 702. The second kappa shape index (κ2) is 8.02. The quantitative estimate of drug-likeness (QED) is 0.864. The van der Waals surface area contributed by atoms with Gasteiger partial charge in [0.1, 0.15) is 29.5 Å². The number of nitrogens with zero attached hydrogens (tertiary/aromatic N) is 4. The van der Waals surface area contributed by atoms with E-state index in [1.165, 1.54) is 0 Å². The number of ether oxygens (including phenoxy) is 2. The van der Waals surface area contributed by atoms with Gasteiger partial charge in [-0.2, -0.15) is 0 Å². The highest BCUT2D eigenvalue weighted by Gasteiger charge is 2.17. The number of aromatic nitrogens is 2. The molecule has 1 aliphatic heterocycles. The van der Waals surface area contributed by atoms with Gasteiger partial charge in [0.15, 0.2) is 0 Å². The Balaban J connectivity index is 1.74. The standard InChI is InChI=1S/C18H25N5O2/c1-4-22-7-9-23(10-8-22)18-12-17(19-13-20-18)21-15-6-5-14(24-2)11-16(15)25-3/h5-6,11-13H,4,7-10H2,1-3H3,(H,19,20,21). The zero-order chi connectivity index (χ0) is 17.6. The summed E-state index contributed by atoms with van der Waals surface area (Å²) in [7, 11) is 3.27. The zero-order valence-electron chi connectivity index (χ0n) is 15.0. The van der Waals surface area contributed by atoms with E-state index in [2.05, 4.69) is 32.0 Å². The Morgan fingerprint density at radius 2 is 1.84 bits per heavy atom. The highest BCUT2D eigenvalue weighted by atomic mass is 16.5. The van der Waals surface area contributed by atoms with E-state index in [4.69, 9.17) is 9.47 Å². The number of anilines is 3. The summed E-state index contributed by atoms with van der Waals surface area (Å²) in [5.41, 5.74) is 0.837. The molecule has 0 aliphatic carbocycles. The lowest BCUT2D eigenvalue weighted by Crippen LogP contribution is -2.46. The van der Waals surface area contributed by atoms with Crippen molar-refractivity contribution in [3.63, 3.8) is 0 Å². The van der Waals surface area contributed by atoms with Crippen LogP contribution in [0.25, 0.3) is 0 Å². The molecule has 1 N–H and O–H groups in total. The third kappa shape index (κ3) is 4.11. The summed E-state index contributed by atoms with van der Waals surface area (Å²) in [5.74, 6) is 3.14. The molecule has 0 unspecified atom stereocenters. The molecule has 0 bridgehead atoms. The van der Waals surface area contributed by atoms with Gasteiger partial charge in [-0.3, -0.25) is 0 Å². The first kappa shape index (κ1) is 17.3. The zero-order valence-corrected chi connectivity index (χ0v) is 15.0. The van der Waals surface area contributed by atoms with Crippen molar-refractivity contribution in [1.82, 2.24) is 14.9 Å². The number of benzene rings is 1. The summed E-state index contributed by atoms with van der Waals surface area (Å²) in [4.78, 5) is 13.5. The van der Waals surface area contributed by atoms with Crippen LogP contribution < -0.4 is 19.7 Å². The first-order valence-corrected chi connectivity index (χ1v) is 8.52. The van der Waals surface area contributed by atoms with Gasteiger partial charge in [-0.25, -0.2) is 9.97 Å². The number of rotatable bonds is 6. The van der Waals surface area contributed by atoms with Gasteiger partial charge in [-0.05, 0) is 18.7 Å². The van der Waals surface area contributed by atoms with Crippen LogP contribution in [0, 0.1) is 0 Å². The van der Waals surface area contributed by atoms with Gasteiger partial charge in [0.05, 0.1) is 19.9 Å². The summed E-state index contributed by atoms with van der Waals surface area (Å²) in [6.45, 7) is 7.39. The molecule has 134 valence electrons. The topological polar surface area (TPSA) is 62.8 Å². The monoisotopic (exact) mass is 343 g/mol. The first-order valence-electron chi connectivity index (χ1n) is 8.52. The van der Waals surface area contributed by atoms with E-state index in [9.17, 15) is 0 Å². The number of piperazine rings is 1. The highest BCUT2D eigenvalue weighted by molar-refractivity contribution is 5.67. The lowest BCUT2D eigenvalue weighted by molar-refractivity contribution is 0.270. The van der Waals surface area contributed by atoms with Crippen LogP contribution >= 0.6 is 0 Å². The molecule has 0 amide bonds. The molecule has 2 aromatic rings. The number of methoxy groups -OCH3 is 2. The Hall–Kier alpha value is -2.54. The van der Waals surface area contributed by atoms with Crippen LogP contribution in [0.4, 0.5) is 17.3 Å². The molecule has 1 aliphatic rings. The van der Waals surface area contributed by atoms with Gasteiger partial charge in [-0.1, -0.05) is 6.92 Å². The van der Waals surface area contributed by atoms with Crippen molar-refractivity contribution in [3.8, 4) is 11.5 Å². The largest absolute Gasteiger partial charge is 0.497 e. The molecule has 2 heterocycles. The fourth-order valence-corrected chi connectivity index (χ4v) is 2.92. The van der Waals surface area contributed by atoms with Crippen molar-refractivity contribution < 1.29 is 9.47 Å². The van der Waals surface area contributed by atoms with Gasteiger partial charge in [0.25, 0.3) is 0 Å². The number of likely N-dealkylation sites (N-methyl/N-ethyl adjacent to an activating group) is 1. The van der Waals surface area contributed by atoms with Crippen LogP contribution in [0.3, 0.4) is 0 Å². The normalized spacial score (nSPS) is 15.1. The Kier molecular flexibility index (Phi) is 5.55. The average molecular weight is 343 g/mol. The van der Waals surface area contributed by atoms with E-state index in [1.807, 2.05) is 24.3 Å². The third-order valence-corrected chi connectivity index (χ3v) is 4.47. The average Bonchev–Trinajstić information content (AvgIpc) is 2.68. The van der Waals surface area contributed by atoms with Gasteiger partial charge < -0.3 is 24.6 Å². The fourth-order valence-electron chi connectivity index (χ4n) is 2.92. The molecular weight excluding hydrogens is 318 g/mol. The first-order chi connectivity index (χ1) is 12.2. The SMILES string of the molecule is CCN1CCN(c2cc(Nc3ccc(OC)cc3OC)ncn2)CC1. The molecule has 0 radical (unpaired) electrons. The molecule has 1 aromatic carbocycles. The second-order valence-corrected chi connectivity index (χ2v) is 5.87. The third-order valence-electron chi connectivity index (χ3n) is 4.47. The lowest BCUT2D eigenvalue weighted by Gasteiger charge is -2.34. The van der Waals surface area contributed by atoms with E-state index in [0.717, 1.165) is 55.8 Å². The molecule has 1 aromatic heterocycles. The Labute approximate surface area is 148 Å². The second-order valence-electron chi connectivity index (χ2n) is 5.87. The molecule has 25 heavy (non-hydrogen) atoms. The van der Waals surface area contributed by atoms with Crippen LogP contribution in [-0.4, -0.2) is 61.8 Å². The smallest absolute Gasteiger partial charge is 0.146 e. The van der Waals surface area contributed by atoms with Crippen molar-refractivity contribution in [2.75, 3.05) is 57.2 Å². The molecular formula is C18H25N5O2. The van der Waals surface area contributed by atoms with E-state index in [1.54, 1.807) is 20.5 Å². The van der Waals surface area contributed by atoms with Crippen LogP contribution in [0.1, 0.15) is 6.92 Å². The summed E-state index contributed by atoms with van der Waals surface area (Å²) < 4.78 is 10.7. The number of hydrogen-bond donors (Lipinski definition) is 1. The summed E-state index contributed by atoms with van der Waals surface area (Å²) in [5, 5.41) is 3.31. The van der Waals surface area contributed by atoms with Crippen LogP contribution in [-0.2, 0) is 0 Å². The van der Waals surface area contributed by atoms with Crippen LogP contribution in [0.5, 0.6) is 11.5 Å². The molecule has 3 rings (SSSR count). The van der Waals surface area contributed by atoms with Crippen molar-refractivity contribution >= 4 is 17.3 Å². The summed E-state index contributed by atoms with van der Waals surface area (Å²) in [6.07, 6.45) is 1.60. The Morgan fingerprint density at radius 3 is 2.52 bits per heavy atom. The minimum absolute atomic E-state index is 0.705. The van der Waals surface area contributed by atoms with Crippen molar-refractivity contribution in [3.05, 3.63) is 30.6 Å². The predicted molar refractivity (Wildman–Crippen MR) is 99.2 cm³/mol. The van der Waals surface area contributed by atoms with Crippen molar-refractivity contribution in [2.24, 2.45) is 0 Å². The Morgan fingerprint density at radius 1 is 1.04 bits per heavy atom. The number of nitrogens with one attached hydrogen (secondary N) is 1. The molecule has 1 fully saturated rings. The van der Waals surface area contributed by atoms with Crippen LogP contribution in [0.15, 0.2) is 30.6 Å². The molecule has 0 spiro atoms. The van der Waals surface area contributed by atoms with Crippen molar-refractivity contribution in [1.29, 1.82) is 0 Å². The minimum atomic E-state index is 0.705. The molecule has 0 atom stereocenters. The van der Waals surface area contributed by atoms with Gasteiger partial charge >= 0.3 is 0 Å². The van der Waals surface area contributed by atoms with Crippen LogP contribution in [0.2, 0.25) is 0 Å². The molecule has 7 heteroatoms. The minimum Gasteiger partial charge on any atom is -0.497 e. The van der Waals surface area contributed by atoms with E-state index in [-0.39, 0.29) is 0 Å². The van der Waals surface area contributed by atoms with E-state index >= 15 is 0 Å². The maximum atomic E-state index is 5.43. The molecule has 0 saturated carbocycles.